The van der Waals surface area contributed by atoms with Crippen molar-refractivity contribution in [1.29, 1.82) is 0 Å². The molecule has 0 saturated heterocycles. The first-order valence-electron chi connectivity index (χ1n) is 15.5. The number of benzene rings is 5. The lowest BCUT2D eigenvalue weighted by atomic mass is 9.81. The van der Waals surface area contributed by atoms with Crippen molar-refractivity contribution in [3.8, 4) is 16.9 Å². The number of aliphatic hydroxyl groups is 1. The largest absolute Gasteiger partial charge is 0.494 e. The molecule has 1 amide bonds. The monoisotopic (exact) mass is 632 g/mol. The summed E-state index contributed by atoms with van der Waals surface area (Å²) in [6.45, 7) is 0.314. The lowest BCUT2D eigenvalue weighted by molar-refractivity contribution is -0.129. The van der Waals surface area contributed by atoms with Gasteiger partial charge in [-0.2, -0.15) is 0 Å². The van der Waals surface area contributed by atoms with Crippen LogP contribution >= 0.6 is 0 Å². The Morgan fingerprint density at radius 2 is 1.40 bits per heavy atom. The van der Waals surface area contributed by atoms with Crippen LogP contribution in [0.2, 0.25) is 0 Å². The summed E-state index contributed by atoms with van der Waals surface area (Å²) in [5, 5.41) is 12.0. The van der Waals surface area contributed by atoms with E-state index in [-0.39, 0.29) is 31.0 Å². The van der Waals surface area contributed by atoms with Gasteiger partial charge in [-0.1, -0.05) is 84.9 Å². The third-order valence-corrected chi connectivity index (χ3v) is 8.04. The molecule has 1 aliphatic heterocycles. The summed E-state index contributed by atoms with van der Waals surface area (Å²) in [4.78, 5) is 19.5. The number of halogens is 2. The zero-order valence-corrected chi connectivity index (χ0v) is 25.6. The maximum atomic E-state index is 14.4. The van der Waals surface area contributed by atoms with Gasteiger partial charge in [0.1, 0.15) is 17.4 Å². The number of nitrogens with one attached hydrogen (secondary N) is 1. The van der Waals surface area contributed by atoms with E-state index in [1.165, 1.54) is 12.1 Å². The molecule has 0 bridgehead atoms. The lowest BCUT2D eigenvalue weighted by Crippen LogP contribution is -2.49. The van der Waals surface area contributed by atoms with Crippen LogP contribution in [0.5, 0.6) is 5.75 Å². The molecule has 1 aliphatic rings. The van der Waals surface area contributed by atoms with Crippen molar-refractivity contribution in [1.82, 2.24) is 5.32 Å². The highest BCUT2D eigenvalue weighted by molar-refractivity contribution is 6.01. The normalized spacial score (nSPS) is 17.1. The number of carbonyl (C=O) groups is 1. The van der Waals surface area contributed by atoms with Gasteiger partial charge in [0.15, 0.2) is 11.6 Å². The number of nitrogens with zero attached hydrogens (tertiary/aromatic N) is 1. The summed E-state index contributed by atoms with van der Waals surface area (Å²) in [7, 11) is 0. The molecule has 5 aromatic rings. The Morgan fingerprint density at radius 3 is 2.06 bits per heavy atom. The molecule has 0 aromatic heterocycles. The Hall–Kier alpha value is -5.34. The third-order valence-electron chi connectivity index (χ3n) is 8.04. The zero-order chi connectivity index (χ0) is 32.6. The SMILES string of the molecule is O=C(NCc1cc(F)cc(F)c1)[C@]1(Cc2ccccc2)N=C(c2ccc(OCCCO)cc2)O[C@@H]1c1ccc(-c2ccccc2)cc1. The summed E-state index contributed by atoms with van der Waals surface area (Å²) in [5.41, 5.74) is 3.15. The summed E-state index contributed by atoms with van der Waals surface area (Å²) in [6.07, 6.45) is -0.109. The van der Waals surface area contributed by atoms with Crippen molar-refractivity contribution in [2.24, 2.45) is 4.99 Å². The van der Waals surface area contributed by atoms with Gasteiger partial charge in [-0.25, -0.2) is 13.8 Å². The first-order valence-corrected chi connectivity index (χ1v) is 15.5. The van der Waals surface area contributed by atoms with Crippen LogP contribution in [0, 0.1) is 11.6 Å². The van der Waals surface area contributed by atoms with Crippen LogP contribution in [-0.2, 0) is 22.5 Å². The van der Waals surface area contributed by atoms with Crippen LogP contribution in [0.25, 0.3) is 11.1 Å². The van der Waals surface area contributed by atoms with Gasteiger partial charge in [0.25, 0.3) is 5.91 Å². The number of carbonyl (C=O) groups excluding carboxylic acids is 1. The lowest BCUT2D eigenvalue weighted by Gasteiger charge is -2.31. The maximum absolute atomic E-state index is 14.4. The van der Waals surface area contributed by atoms with E-state index >= 15 is 0 Å². The molecule has 6 rings (SSSR count). The number of ether oxygens (including phenoxy) is 2. The Bertz CT molecular complexity index is 1810. The minimum Gasteiger partial charge on any atom is -0.494 e. The molecule has 6 nitrogen and oxygen atoms in total. The second-order valence-electron chi connectivity index (χ2n) is 11.4. The summed E-state index contributed by atoms with van der Waals surface area (Å²) in [5.74, 6) is -0.977. The molecule has 0 aliphatic carbocycles. The average molecular weight is 633 g/mol. The molecule has 8 heteroatoms. The number of hydrogen-bond donors (Lipinski definition) is 2. The molecule has 238 valence electrons. The molecular weight excluding hydrogens is 598 g/mol. The summed E-state index contributed by atoms with van der Waals surface area (Å²) in [6, 6.07) is 37.8. The highest BCUT2D eigenvalue weighted by Crippen LogP contribution is 2.43. The number of aliphatic imine (C=N–C) groups is 1. The fourth-order valence-electron chi connectivity index (χ4n) is 5.72. The maximum Gasteiger partial charge on any atom is 0.252 e. The predicted molar refractivity (Wildman–Crippen MR) is 177 cm³/mol. The van der Waals surface area contributed by atoms with Crippen molar-refractivity contribution >= 4 is 11.8 Å². The fraction of sp³-hybridized carbons (Fsp3) is 0.179. The summed E-state index contributed by atoms with van der Waals surface area (Å²) < 4.78 is 40.3. The number of rotatable bonds is 12. The Morgan fingerprint density at radius 1 is 0.787 bits per heavy atom. The minimum atomic E-state index is -1.47. The highest BCUT2D eigenvalue weighted by atomic mass is 19.1. The van der Waals surface area contributed by atoms with Crippen molar-refractivity contribution in [2.45, 2.75) is 31.0 Å². The van der Waals surface area contributed by atoms with Crippen LogP contribution in [0.15, 0.2) is 132 Å². The molecule has 0 fully saturated rings. The van der Waals surface area contributed by atoms with Gasteiger partial charge in [-0.3, -0.25) is 4.79 Å². The molecule has 1 heterocycles. The van der Waals surface area contributed by atoms with E-state index in [9.17, 15) is 13.6 Å². The molecule has 2 N–H and O–H groups in total. The van der Waals surface area contributed by atoms with Crippen LogP contribution in [0.1, 0.15) is 34.8 Å². The third kappa shape index (κ3) is 7.39. The number of amides is 1. The van der Waals surface area contributed by atoms with Gasteiger partial charge >= 0.3 is 0 Å². The van der Waals surface area contributed by atoms with E-state index in [1.807, 2.05) is 97.1 Å². The molecule has 0 saturated carbocycles. The van der Waals surface area contributed by atoms with Gasteiger partial charge in [-0.15, -0.1) is 0 Å². The van der Waals surface area contributed by atoms with E-state index in [1.54, 1.807) is 12.1 Å². The number of hydrogen-bond acceptors (Lipinski definition) is 5. The zero-order valence-electron chi connectivity index (χ0n) is 25.6. The molecular formula is C39H34F2N2O4. The Balaban J connectivity index is 1.40. The molecule has 0 spiro atoms. The quantitative estimate of drug-likeness (QED) is 0.143. The molecule has 0 unspecified atom stereocenters. The van der Waals surface area contributed by atoms with Gasteiger partial charge < -0.3 is 19.9 Å². The van der Waals surface area contributed by atoms with Crippen molar-refractivity contribution in [3.05, 3.63) is 161 Å². The Kier molecular flexibility index (Phi) is 9.69. The van der Waals surface area contributed by atoms with Crippen molar-refractivity contribution in [3.63, 3.8) is 0 Å². The van der Waals surface area contributed by atoms with E-state index in [4.69, 9.17) is 19.6 Å². The van der Waals surface area contributed by atoms with Crippen LogP contribution in [-0.4, -0.2) is 35.7 Å². The van der Waals surface area contributed by atoms with Crippen LogP contribution < -0.4 is 10.1 Å². The molecule has 2 atom stereocenters. The van der Waals surface area contributed by atoms with Gasteiger partial charge in [0.2, 0.25) is 5.90 Å². The second kappa shape index (κ2) is 14.4. The molecule has 5 aromatic carbocycles. The smallest absolute Gasteiger partial charge is 0.252 e. The first kappa shape index (κ1) is 31.6. The van der Waals surface area contributed by atoms with Gasteiger partial charge in [-0.05, 0) is 64.2 Å². The Labute approximate surface area is 272 Å². The van der Waals surface area contributed by atoms with Crippen molar-refractivity contribution < 1.29 is 28.2 Å². The van der Waals surface area contributed by atoms with Crippen molar-refractivity contribution in [2.75, 3.05) is 13.2 Å². The predicted octanol–water partition coefficient (Wildman–Crippen LogP) is 7.21. The van der Waals surface area contributed by atoms with E-state index in [2.05, 4.69) is 5.32 Å². The molecule has 47 heavy (non-hydrogen) atoms. The van der Waals surface area contributed by atoms with Crippen LogP contribution in [0.3, 0.4) is 0 Å². The first-order chi connectivity index (χ1) is 22.9. The van der Waals surface area contributed by atoms with E-state index < -0.39 is 29.2 Å². The van der Waals surface area contributed by atoms with E-state index in [0.717, 1.165) is 28.3 Å². The topological polar surface area (TPSA) is 80.2 Å². The number of aliphatic hydroxyl groups excluding tert-OH is 1. The standard InChI is InChI=1S/C39H34F2N2O4/c40-33-22-28(23-34(41)24-33)26-42-38(45)39(25-27-8-3-1-4-9-27)36(31-14-12-30(13-15-31)29-10-5-2-6-11-29)47-37(43-39)32-16-18-35(19-17-32)46-21-7-20-44/h1-6,8-19,22-24,36,44H,7,20-21,25-26H2,(H,42,45)/t36-,39-/m1/s1. The fourth-order valence-corrected chi connectivity index (χ4v) is 5.72. The van der Waals surface area contributed by atoms with Gasteiger partial charge in [0, 0.05) is 37.6 Å². The van der Waals surface area contributed by atoms with Gasteiger partial charge in [0.05, 0.1) is 6.61 Å². The molecule has 0 radical (unpaired) electrons. The van der Waals surface area contributed by atoms with E-state index in [0.29, 0.717) is 24.3 Å². The average Bonchev–Trinajstić information content (AvgIpc) is 3.48. The highest BCUT2D eigenvalue weighted by Gasteiger charge is 2.53. The summed E-state index contributed by atoms with van der Waals surface area (Å²) >= 11 is 0. The second-order valence-corrected chi connectivity index (χ2v) is 11.4. The minimum absolute atomic E-state index is 0.0379. The van der Waals surface area contributed by atoms with Crippen LogP contribution in [0.4, 0.5) is 8.78 Å².